The number of nitrogens with two attached hydrogens (primary N) is 1. The van der Waals surface area contributed by atoms with Gasteiger partial charge in [-0.2, -0.15) is 0 Å². The first kappa shape index (κ1) is 37.5. The molecule has 1 aliphatic heterocycles. The molecule has 6 N–H and O–H groups in total. The molecule has 0 spiro atoms. The van der Waals surface area contributed by atoms with Crippen molar-refractivity contribution in [3.8, 4) is 5.75 Å². The SMILES string of the molecule is C[C@H]1CN([C@@H](C)CO)C(=O)Cc2cc(NC(=O)CCCCCC(=O)Nc3ccccc3N)ccc2O[C@@H]1CN(C)C(=O)NC1CCCCC1. The van der Waals surface area contributed by atoms with Crippen LogP contribution >= 0.6 is 0 Å². The Morgan fingerprint density at radius 3 is 2.41 bits per heavy atom. The molecule has 0 saturated heterocycles. The van der Waals surface area contributed by atoms with Gasteiger partial charge in [-0.05, 0) is 62.9 Å². The zero-order valence-corrected chi connectivity index (χ0v) is 29.2. The number of anilines is 3. The maximum absolute atomic E-state index is 13.6. The monoisotopic (exact) mass is 678 g/mol. The number of hydrogen-bond donors (Lipinski definition) is 5. The number of hydrogen-bond acceptors (Lipinski definition) is 7. The number of carbonyl (C=O) groups excluding carboxylic acids is 4. The van der Waals surface area contributed by atoms with E-state index in [1.807, 2.05) is 26.0 Å². The van der Waals surface area contributed by atoms with Crippen LogP contribution in [-0.2, 0) is 20.8 Å². The summed E-state index contributed by atoms with van der Waals surface area (Å²) in [5.74, 6) is -0.0446. The van der Waals surface area contributed by atoms with Gasteiger partial charge in [0.25, 0.3) is 0 Å². The third kappa shape index (κ3) is 11.4. The quantitative estimate of drug-likeness (QED) is 0.148. The Balaban J connectivity index is 1.35. The number of carbonyl (C=O) groups is 4. The molecule has 12 nitrogen and oxygen atoms in total. The topological polar surface area (TPSA) is 166 Å². The molecule has 0 bridgehead atoms. The van der Waals surface area contributed by atoms with E-state index >= 15 is 0 Å². The first-order chi connectivity index (χ1) is 23.5. The Morgan fingerprint density at radius 2 is 1.71 bits per heavy atom. The van der Waals surface area contributed by atoms with Crippen molar-refractivity contribution >= 4 is 40.8 Å². The zero-order valence-electron chi connectivity index (χ0n) is 29.2. The van der Waals surface area contributed by atoms with Gasteiger partial charge in [-0.15, -0.1) is 0 Å². The standard InChI is InChI=1S/C37H54N6O6/c1-25-22-43(26(2)24-44)36(47)21-27-20-29(39-34(45)16-8-5-9-17-35(46)41-31-15-11-10-14-30(31)38)18-19-32(27)49-33(25)23-42(3)37(48)40-28-12-6-4-7-13-28/h10-11,14-15,18-20,25-26,28,33,44H,4-9,12-13,16-17,21-24,38H2,1-3H3,(H,39,45)(H,40,48)(H,41,46)/t25-,26-,33+/m0/s1. The summed E-state index contributed by atoms with van der Waals surface area (Å²) in [6.07, 6.45) is 7.64. The van der Waals surface area contributed by atoms with Gasteiger partial charge in [0, 0.05) is 49.6 Å². The van der Waals surface area contributed by atoms with Crippen molar-refractivity contribution in [2.24, 2.45) is 5.92 Å². The normalized spacial score (nSPS) is 18.9. The number of nitrogens with zero attached hydrogens (tertiary/aromatic N) is 2. The number of ether oxygens (including phenoxy) is 1. The number of nitrogens with one attached hydrogen (secondary N) is 3. The average Bonchev–Trinajstić information content (AvgIpc) is 3.12. The molecular weight excluding hydrogens is 624 g/mol. The van der Waals surface area contributed by atoms with E-state index in [4.69, 9.17) is 10.5 Å². The summed E-state index contributed by atoms with van der Waals surface area (Å²) in [7, 11) is 1.76. The molecule has 268 valence electrons. The lowest BCUT2D eigenvalue weighted by molar-refractivity contribution is -0.134. The molecule has 2 aromatic carbocycles. The summed E-state index contributed by atoms with van der Waals surface area (Å²) in [5, 5.41) is 18.9. The molecule has 4 rings (SSSR count). The summed E-state index contributed by atoms with van der Waals surface area (Å²) in [4.78, 5) is 55.1. The lowest BCUT2D eigenvalue weighted by atomic mass is 9.96. The van der Waals surface area contributed by atoms with Crippen molar-refractivity contribution in [2.45, 2.75) is 103 Å². The highest BCUT2D eigenvalue weighted by Crippen LogP contribution is 2.29. The number of benzene rings is 2. The Kier molecular flexibility index (Phi) is 14.1. The largest absolute Gasteiger partial charge is 0.488 e. The van der Waals surface area contributed by atoms with Gasteiger partial charge in [0.2, 0.25) is 17.7 Å². The second-order valence-electron chi connectivity index (χ2n) is 13.6. The van der Waals surface area contributed by atoms with E-state index in [9.17, 15) is 24.3 Å². The molecule has 2 aromatic rings. The molecule has 1 aliphatic carbocycles. The van der Waals surface area contributed by atoms with E-state index in [0.29, 0.717) is 67.1 Å². The lowest BCUT2D eigenvalue weighted by Gasteiger charge is -2.34. The van der Waals surface area contributed by atoms with Gasteiger partial charge in [0.15, 0.2) is 0 Å². The summed E-state index contributed by atoms with van der Waals surface area (Å²) in [6.45, 7) is 4.30. The van der Waals surface area contributed by atoms with Crippen LogP contribution in [-0.4, -0.2) is 83.6 Å². The Bertz CT molecular complexity index is 1430. The third-order valence-corrected chi connectivity index (χ3v) is 9.48. The molecule has 0 unspecified atom stereocenters. The van der Waals surface area contributed by atoms with Crippen LogP contribution in [0.3, 0.4) is 0 Å². The molecule has 3 atom stereocenters. The molecular formula is C37H54N6O6. The van der Waals surface area contributed by atoms with Crippen molar-refractivity contribution in [3.05, 3.63) is 48.0 Å². The van der Waals surface area contributed by atoms with Crippen molar-refractivity contribution in [2.75, 3.05) is 43.1 Å². The van der Waals surface area contributed by atoms with Crippen LogP contribution in [0.25, 0.3) is 0 Å². The number of rotatable bonds is 13. The fourth-order valence-corrected chi connectivity index (χ4v) is 6.40. The molecule has 1 heterocycles. The molecule has 12 heteroatoms. The number of amides is 5. The maximum Gasteiger partial charge on any atom is 0.317 e. The molecule has 5 amide bonds. The minimum absolute atomic E-state index is 0.0392. The summed E-state index contributed by atoms with van der Waals surface area (Å²) in [6, 6.07) is 12.0. The highest BCUT2D eigenvalue weighted by atomic mass is 16.5. The Hall–Kier alpha value is -4.32. The van der Waals surface area contributed by atoms with Gasteiger partial charge < -0.3 is 41.3 Å². The summed E-state index contributed by atoms with van der Waals surface area (Å²) < 4.78 is 6.55. The fourth-order valence-electron chi connectivity index (χ4n) is 6.40. The first-order valence-electron chi connectivity index (χ1n) is 17.7. The van der Waals surface area contributed by atoms with Crippen LogP contribution in [0.2, 0.25) is 0 Å². The van der Waals surface area contributed by atoms with Gasteiger partial charge >= 0.3 is 6.03 Å². The van der Waals surface area contributed by atoms with E-state index in [1.54, 1.807) is 47.2 Å². The number of para-hydroxylation sites is 2. The highest BCUT2D eigenvalue weighted by Gasteiger charge is 2.32. The Labute approximate surface area is 290 Å². The second kappa shape index (κ2) is 18.4. The zero-order chi connectivity index (χ0) is 35.3. The van der Waals surface area contributed by atoms with Gasteiger partial charge in [-0.1, -0.05) is 44.7 Å². The summed E-state index contributed by atoms with van der Waals surface area (Å²) >= 11 is 0. The van der Waals surface area contributed by atoms with Crippen LogP contribution < -0.4 is 26.4 Å². The van der Waals surface area contributed by atoms with Crippen molar-refractivity contribution in [3.63, 3.8) is 0 Å². The van der Waals surface area contributed by atoms with Gasteiger partial charge in [0.05, 0.1) is 37.0 Å². The predicted octanol–water partition coefficient (Wildman–Crippen LogP) is 4.92. The lowest BCUT2D eigenvalue weighted by Crippen LogP contribution is -2.50. The third-order valence-electron chi connectivity index (χ3n) is 9.48. The van der Waals surface area contributed by atoms with Crippen LogP contribution in [0.1, 0.15) is 83.6 Å². The first-order valence-corrected chi connectivity index (χ1v) is 17.7. The number of likely N-dealkylation sites (N-methyl/N-ethyl adjacent to an activating group) is 1. The average molecular weight is 679 g/mol. The smallest absolute Gasteiger partial charge is 0.317 e. The minimum Gasteiger partial charge on any atom is -0.488 e. The number of nitrogen functional groups attached to an aromatic ring is 1. The van der Waals surface area contributed by atoms with E-state index in [-0.39, 0.29) is 55.2 Å². The predicted molar refractivity (Wildman–Crippen MR) is 191 cm³/mol. The van der Waals surface area contributed by atoms with Crippen molar-refractivity contribution in [1.82, 2.24) is 15.1 Å². The number of aliphatic hydroxyl groups excluding tert-OH is 1. The molecule has 0 aromatic heterocycles. The molecule has 1 saturated carbocycles. The molecule has 1 fully saturated rings. The van der Waals surface area contributed by atoms with Gasteiger partial charge in [-0.3, -0.25) is 14.4 Å². The Morgan fingerprint density at radius 1 is 1.02 bits per heavy atom. The molecule has 49 heavy (non-hydrogen) atoms. The van der Waals surface area contributed by atoms with E-state index in [2.05, 4.69) is 16.0 Å². The number of fused-ring (bicyclic) bond motifs is 1. The second-order valence-corrected chi connectivity index (χ2v) is 13.6. The van der Waals surface area contributed by atoms with Crippen molar-refractivity contribution < 1.29 is 29.0 Å². The summed E-state index contributed by atoms with van der Waals surface area (Å²) in [5.41, 5.74) is 8.17. The highest BCUT2D eigenvalue weighted by molar-refractivity contribution is 5.94. The number of aliphatic hydroxyl groups is 1. The molecule has 0 radical (unpaired) electrons. The van der Waals surface area contributed by atoms with E-state index in [0.717, 1.165) is 25.7 Å². The number of unbranched alkanes of at least 4 members (excludes halogenated alkanes) is 2. The van der Waals surface area contributed by atoms with Gasteiger partial charge in [0.1, 0.15) is 11.9 Å². The minimum atomic E-state index is -0.423. The molecule has 2 aliphatic rings. The fraction of sp³-hybridized carbons (Fsp3) is 0.568. The van der Waals surface area contributed by atoms with E-state index in [1.165, 1.54) is 6.42 Å². The van der Waals surface area contributed by atoms with Crippen LogP contribution in [0.4, 0.5) is 21.9 Å². The van der Waals surface area contributed by atoms with Crippen LogP contribution in [0, 0.1) is 5.92 Å². The maximum atomic E-state index is 13.6. The van der Waals surface area contributed by atoms with Gasteiger partial charge in [-0.25, -0.2) is 4.79 Å². The van der Waals surface area contributed by atoms with Crippen LogP contribution in [0.5, 0.6) is 5.75 Å². The van der Waals surface area contributed by atoms with Crippen LogP contribution in [0.15, 0.2) is 42.5 Å². The number of urea groups is 1. The van der Waals surface area contributed by atoms with Crippen molar-refractivity contribution in [1.29, 1.82) is 0 Å². The van der Waals surface area contributed by atoms with E-state index < -0.39 is 12.1 Å².